The highest BCUT2D eigenvalue weighted by Crippen LogP contribution is 2.13. The van der Waals surface area contributed by atoms with E-state index in [0.717, 1.165) is 10.0 Å². The van der Waals surface area contributed by atoms with Gasteiger partial charge < -0.3 is 4.98 Å². The number of rotatable bonds is 2. The fourth-order valence-corrected chi connectivity index (χ4v) is 1.99. The van der Waals surface area contributed by atoms with Crippen molar-refractivity contribution in [3.8, 4) is 0 Å². The second-order valence-corrected chi connectivity index (χ2v) is 5.08. The number of nitrogens with zero attached hydrogens (tertiary/aromatic N) is 1. The molecule has 0 atom stereocenters. The first-order valence-corrected chi connectivity index (χ1v) is 6.22. The molecule has 0 saturated heterocycles. The highest BCUT2D eigenvalue weighted by Gasteiger charge is 2.01. The summed E-state index contributed by atoms with van der Waals surface area (Å²) in [5, 5.41) is 0. The third-order valence-corrected chi connectivity index (χ3v) is 3.13. The highest BCUT2D eigenvalue weighted by atomic mass is 79.9. The van der Waals surface area contributed by atoms with Gasteiger partial charge in [-0.15, -0.1) is 0 Å². The van der Waals surface area contributed by atoms with Crippen molar-refractivity contribution >= 4 is 31.9 Å². The van der Waals surface area contributed by atoms with Crippen LogP contribution in [0.2, 0.25) is 0 Å². The summed E-state index contributed by atoms with van der Waals surface area (Å²) in [6.07, 6.45) is 2.13. The Morgan fingerprint density at radius 1 is 1.31 bits per heavy atom. The molecule has 0 aliphatic carbocycles. The summed E-state index contributed by atoms with van der Waals surface area (Å²) < 4.78 is 1.47. The molecule has 2 rings (SSSR count). The number of aromatic nitrogens is 2. The van der Waals surface area contributed by atoms with Gasteiger partial charge in [0.2, 0.25) is 0 Å². The topological polar surface area (TPSA) is 45.8 Å². The van der Waals surface area contributed by atoms with E-state index in [9.17, 15) is 4.79 Å². The zero-order valence-corrected chi connectivity index (χ0v) is 11.4. The van der Waals surface area contributed by atoms with Crippen LogP contribution in [0.4, 0.5) is 0 Å². The molecule has 0 radical (unpaired) electrons. The Morgan fingerprint density at radius 3 is 2.81 bits per heavy atom. The summed E-state index contributed by atoms with van der Waals surface area (Å²) in [5.74, 6) is 0.659. The van der Waals surface area contributed by atoms with E-state index in [1.54, 1.807) is 0 Å². The van der Waals surface area contributed by atoms with Gasteiger partial charge >= 0.3 is 0 Å². The summed E-state index contributed by atoms with van der Waals surface area (Å²) in [4.78, 5) is 18.2. The minimum atomic E-state index is -0.153. The van der Waals surface area contributed by atoms with Crippen LogP contribution in [0.3, 0.4) is 0 Å². The van der Waals surface area contributed by atoms with Crippen LogP contribution in [0.25, 0.3) is 0 Å². The molecule has 0 amide bonds. The van der Waals surface area contributed by atoms with E-state index in [4.69, 9.17) is 0 Å². The lowest BCUT2D eigenvalue weighted by atomic mass is 10.1. The van der Waals surface area contributed by atoms with Crippen LogP contribution in [0.1, 0.15) is 11.4 Å². The van der Waals surface area contributed by atoms with Crippen LogP contribution in [-0.2, 0) is 6.42 Å². The van der Waals surface area contributed by atoms with E-state index in [1.165, 1.54) is 6.20 Å². The predicted molar refractivity (Wildman–Crippen MR) is 69.5 cm³/mol. The number of H-pyrrole nitrogens is 1. The molecule has 0 unspecified atom stereocenters. The van der Waals surface area contributed by atoms with Gasteiger partial charge in [0, 0.05) is 17.1 Å². The molecule has 0 fully saturated rings. The summed E-state index contributed by atoms with van der Waals surface area (Å²) >= 11 is 6.51. The van der Waals surface area contributed by atoms with Crippen LogP contribution in [0.5, 0.6) is 0 Å². The van der Waals surface area contributed by atoms with E-state index in [0.29, 0.717) is 16.7 Å². The summed E-state index contributed by atoms with van der Waals surface area (Å²) in [5.41, 5.74) is 0.944. The molecule has 3 nitrogen and oxygen atoms in total. The smallest absolute Gasteiger partial charge is 0.265 e. The molecule has 1 aromatic carbocycles. The second kappa shape index (κ2) is 4.93. The Bertz CT molecular complexity index is 566. The fourth-order valence-electron chi connectivity index (χ4n) is 1.35. The number of hydrogen-bond acceptors (Lipinski definition) is 2. The normalized spacial score (nSPS) is 10.4. The van der Waals surface area contributed by atoms with E-state index in [-0.39, 0.29) is 5.56 Å². The van der Waals surface area contributed by atoms with Crippen molar-refractivity contribution in [2.45, 2.75) is 6.42 Å². The van der Waals surface area contributed by atoms with Crippen molar-refractivity contribution in [3.63, 3.8) is 0 Å². The lowest BCUT2D eigenvalue weighted by Crippen LogP contribution is -2.11. The van der Waals surface area contributed by atoms with Crippen LogP contribution in [0.15, 0.2) is 44.2 Å². The first-order chi connectivity index (χ1) is 7.65. The van der Waals surface area contributed by atoms with E-state index in [1.807, 2.05) is 24.3 Å². The largest absolute Gasteiger partial charge is 0.309 e. The molecular formula is C11H8Br2N2O. The first kappa shape index (κ1) is 11.5. The molecule has 0 aliphatic rings. The molecule has 1 N–H and O–H groups in total. The van der Waals surface area contributed by atoms with Crippen molar-refractivity contribution < 1.29 is 0 Å². The summed E-state index contributed by atoms with van der Waals surface area (Å²) in [7, 11) is 0. The van der Waals surface area contributed by atoms with Gasteiger partial charge in [0.25, 0.3) is 5.56 Å². The van der Waals surface area contributed by atoms with Gasteiger partial charge in [-0.3, -0.25) is 4.79 Å². The number of aromatic amines is 1. The van der Waals surface area contributed by atoms with Crippen molar-refractivity contribution in [1.29, 1.82) is 0 Å². The van der Waals surface area contributed by atoms with E-state index >= 15 is 0 Å². The van der Waals surface area contributed by atoms with Gasteiger partial charge in [0.1, 0.15) is 10.3 Å². The molecule has 0 saturated carbocycles. The molecule has 1 heterocycles. The molecule has 2 aromatic rings. The van der Waals surface area contributed by atoms with Gasteiger partial charge in [-0.25, -0.2) is 4.98 Å². The maximum absolute atomic E-state index is 11.3. The monoisotopic (exact) mass is 342 g/mol. The Balaban J connectivity index is 2.27. The molecule has 5 heteroatoms. The van der Waals surface area contributed by atoms with Gasteiger partial charge in [0.15, 0.2) is 0 Å². The third kappa shape index (κ3) is 2.80. The Kier molecular flexibility index (Phi) is 3.56. The number of nitrogens with one attached hydrogen (secondary N) is 1. The molecular weight excluding hydrogens is 336 g/mol. The molecule has 0 bridgehead atoms. The lowest BCUT2D eigenvalue weighted by Gasteiger charge is -2.01. The van der Waals surface area contributed by atoms with Crippen LogP contribution in [0, 0.1) is 0 Å². The average Bonchev–Trinajstić information content (AvgIpc) is 2.24. The first-order valence-electron chi connectivity index (χ1n) is 4.63. The average molecular weight is 344 g/mol. The predicted octanol–water partition coefficient (Wildman–Crippen LogP) is 2.89. The molecule has 0 aliphatic heterocycles. The van der Waals surface area contributed by atoms with Crippen molar-refractivity contribution in [2.75, 3.05) is 0 Å². The van der Waals surface area contributed by atoms with Crippen molar-refractivity contribution in [3.05, 3.63) is 61.1 Å². The minimum Gasteiger partial charge on any atom is -0.309 e. The standard InChI is InChI=1S/C11H8Br2N2O/c12-8-3-1-2-7(4-8)5-10-14-6-9(13)11(16)15-10/h1-4,6H,5H2,(H,14,15,16). The Morgan fingerprint density at radius 2 is 2.12 bits per heavy atom. The van der Waals surface area contributed by atoms with Crippen molar-refractivity contribution in [2.24, 2.45) is 0 Å². The van der Waals surface area contributed by atoms with E-state index in [2.05, 4.69) is 41.8 Å². The molecule has 82 valence electrons. The van der Waals surface area contributed by atoms with Crippen LogP contribution in [-0.4, -0.2) is 9.97 Å². The molecule has 0 spiro atoms. The zero-order valence-electron chi connectivity index (χ0n) is 8.21. The SMILES string of the molecule is O=c1[nH]c(Cc2cccc(Br)c2)ncc1Br. The Hall–Kier alpha value is -0.940. The quantitative estimate of drug-likeness (QED) is 0.911. The second-order valence-electron chi connectivity index (χ2n) is 3.31. The highest BCUT2D eigenvalue weighted by molar-refractivity contribution is 9.10. The number of halogens is 2. The molecule has 16 heavy (non-hydrogen) atoms. The summed E-state index contributed by atoms with van der Waals surface area (Å²) in [6, 6.07) is 7.91. The maximum Gasteiger partial charge on any atom is 0.265 e. The lowest BCUT2D eigenvalue weighted by molar-refractivity contribution is 0.937. The van der Waals surface area contributed by atoms with E-state index < -0.39 is 0 Å². The van der Waals surface area contributed by atoms with Gasteiger partial charge in [0.05, 0.1) is 0 Å². The number of benzene rings is 1. The molecule has 1 aromatic heterocycles. The summed E-state index contributed by atoms with van der Waals surface area (Å²) in [6.45, 7) is 0. The van der Waals surface area contributed by atoms with Crippen LogP contribution >= 0.6 is 31.9 Å². The minimum absolute atomic E-state index is 0.153. The van der Waals surface area contributed by atoms with Gasteiger partial charge in [-0.1, -0.05) is 28.1 Å². The third-order valence-electron chi connectivity index (χ3n) is 2.07. The maximum atomic E-state index is 11.3. The van der Waals surface area contributed by atoms with Crippen molar-refractivity contribution in [1.82, 2.24) is 9.97 Å². The number of hydrogen-bond donors (Lipinski definition) is 1. The fraction of sp³-hybridized carbons (Fsp3) is 0.0909. The Labute approximate surface area is 109 Å². The van der Waals surface area contributed by atoms with Gasteiger partial charge in [-0.2, -0.15) is 0 Å². The van der Waals surface area contributed by atoms with Crippen LogP contribution < -0.4 is 5.56 Å². The van der Waals surface area contributed by atoms with Gasteiger partial charge in [-0.05, 0) is 33.6 Å². The zero-order chi connectivity index (χ0) is 11.5.